The lowest BCUT2D eigenvalue weighted by molar-refractivity contribution is 0.0181. The number of benzene rings is 1. The molecule has 2 atom stereocenters. The van der Waals surface area contributed by atoms with Crippen LogP contribution in [0.2, 0.25) is 4.34 Å². The number of thiophene rings is 1. The van der Waals surface area contributed by atoms with Gasteiger partial charge in [-0.2, -0.15) is 0 Å². The van der Waals surface area contributed by atoms with Crippen molar-refractivity contribution in [1.82, 2.24) is 10.2 Å². The van der Waals surface area contributed by atoms with E-state index in [9.17, 15) is 9.59 Å². The summed E-state index contributed by atoms with van der Waals surface area (Å²) in [5, 5.41) is 5.92. The Hall–Kier alpha value is -2.25. The topological polar surface area (TPSA) is 70.7 Å². The maximum atomic E-state index is 12.5. The van der Waals surface area contributed by atoms with Crippen molar-refractivity contribution in [2.24, 2.45) is 0 Å². The minimum absolute atomic E-state index is 0.0599. The van der Waals surface area contributed by atoms with E-state index in [1.165, 1.54) is 11.3 Å². The van der Waals surface area contributed by atoms with Crippen LogP contribution in [0.4, 0.5) is 15.3 Å². The third kappa shape index (κ3) is 6.11. The number of nitrogens with one attached hydrogen (secondary N) is 2. The van der Waals surface area contributed by atoms with Crippen molar-refractivity contribution in [3.05, 3.63) is 51.7 Å². The molecule has 8 heteroatoms. The van der Waals surface area contributed by atoms with Crippen LogP contribution >= 0.6 is 22.9 Å². The first-order valence-electron chi connectivity index (χ1n) is 9.57. The zero-order chi connectivity index (χ0) is 21.0. The molecule has 1 aliphatic heterocycles. The van der Waals surface area contributed by atoms with Crippen molar-refractivity contribution >= 4 is 40.7 Å². The van der Waals surface area contributed by atoms with Crippen LogP contribution in [0, 0.1) is 0 Å². The first-order valence-corrected chi connectivity index (χ1v) is 10.8. The summed E-state index contributed by atoms with van der Waals surface area (Å²) in [5.41, 5.74) is 0.177. The molecule has 3 amide bonds. The molecule has 156 valence electrons. The third-order valence-corrected chi connectivity index (χ3v) is 5.94. The number of anilines is 1. The summed E-state index contributed by atoms with van der Waals surface area (Å²) in [5.74, 6) is -0.0599. The van der Waals surface area contributed by atoms with Gasteiger partial charge in [-0.15, -0.1) is 11.3 Å². The molecular formula is C21H26ClN3O3S. The van der Waals surface area contributed by atoms with Crippen LogP contribution < -0.4 is 10.6 Å². The van der Waals surface area contributed by atoms with Crippen LogP contribution in [0.5, 0.6) is 0 Å². The second-order valence-corrected chi connectivity index (χ2v) is 9.78. The lowest BCUT2D eigenvalue weighted by Gasteiger charge is -2.39. The van der Waals surface area contributed by atoms with Gasteiger partial charge in [0.25, 0.3) is 0 Å². The zero-order valence-corrected chi connectivity index (χ0v) is 18.3. The summed E-state index contributed by atoms with van der Waals surface area (Å²) in [6.45, 7) is 6.53. The Morgan fingerprint density at radius 2 is 1.90 bits per heavy atom. The summed E-state index contributed by atoms with van der Waals surface area (Å²) in [6.07, 6.45) is 0.291. The number of para-hydroxylation sites is 1. The fraction of sp³-hybridized carbons (Fsp3) is 0.429. The maximum Gasteiger partial charge on any atom is 0.410 e. The molecule has 0 radical (unpaired) electrons. The highest BCUT2D eigenvalue weighted by Gasteiger charge is 2.36. The van der Waals surface area contributed by atoms with Gasteiger partial charge in [-0.05, 0) is 51.5 Å². The van der Waals surface area contributed by atoms with E-state index < -0.39 is 5.60 Å². The molecule has 0 saturated carbocycles. The van der Waals surface area contributed by atoms with E-state index in [1.807, 2.05) is 63.2 Å². The molecule has 29 heavy (non-hydrogen) atoms. The number of carbonyl (C=O) groups excluding carboxylic acids is 2. The van der Waals surface area contributed by atoms with Gasteiger partial charge in [-0.25, -0.2) is 9.59 Å². The molecule has 2 unspecified atom stereocenters. The minimum Gasteiger partial charge on any atom is -0.444 e. The smallest absolute Gasteiger partial charge is 0.410 e. The molecule has 0 aliphatic carbocycles. The number of rotatable bonds is 3. The average molecular weight is 436 g/mol. The van der Waals surface area contributed by atoms with Gasteiger partial charge >= 0.3 is 12.1 Å². The standard InChI is InChI=1S/C21H26ClN3O3S/c1-21(2,3)28-20(27)25-12-11-16(15(13-25)17-9-10-18(22)29-17)24-19(26)23-14-7-5-4-6-8-14/h4-10,15-16H,11-13H2,1-3H3,(H2,23,24,26). The lowest BCUT2D eigenvalue weighted by Crippen LogP contribution is -2.52. The number of piperidine rings is 1. The second-order valence-electron chi connectivity index (χ2n) is 8.03. The van der Waals surface area contributed by atoms with Crippen LogP contribution in [0.1, 0.15) is 38.0 Å². The molecule has 1 saturated heterocycles. The Morgan fingerprint density at radius 1 is 1.17 bits per heavy atom. The van der Waals surface area contributed by atoms with Crippen LogP contribution in [0.15, 0.2) is 42.5 Å². The highest BCUT2D eigenvalue weighted by molar-refractivity contribution is 7.16. The lowest BCUT2D eigenvalue weighted by atomic mass is 9.91. The number of ether oxygens (including phenoxy) is 1. The fourth-order valence-electron chi connectivity index (χ4n) is 3.29. The molecule has 1 aromatic heterocycles. The number of hydrogen-bond acceptors (Lipinski definition) is 4. The van der Waals surface area contributed by atoms with Gasteiger partial charge in [-0.3, -0.25) is 0 Å². The van der Waals surface area contributed by atoms with Crippen LogP contribution in [-0.4, -0.2) is 41.8 Å². The summed E-state index contributed by atoms with van der Waals surface area (Å²) in [6, 6.07) is 12.7. The number of hydrogen-bond donors (Lipinski definition) is 2. The van der Waals surface area contributed by atoms with E-state index in [2.05, 4.69) is 10.6 Å². The van der Waals surface area contributed by atoms with Gasteiger partial charge in [0.1, 0.15) is 5.60 Å². The summed E-state index contributed by atoms with van der Waals surface area (Å²) >= 11 is 7.61. The first kappa shape index (κ1) is 21.5. The van der Waals surface area contributed by atoms with Crippen LogP contribution in [0.3, 0.4) is 0 Å². The predicted octanol–water partition coefficient (Wildman–Crippen LogP) is 5.32. The predicted molar refractivity (Wildman–Crippen MR) is 117 cm³/mol. The molecule has 6 nitrogen and oxygen atoms in total. The molecule has 1 aliphatic rings. The van der Waals surface area contributed by atoms with Crippen molar-refractivity contribution < 1.29 is 14.3 Å². The normalized spacial score (nSPS) is 19.5. The van der Waals surface area contributed by atoms with Gasteiger partial charge in [0.05, 0.1) is 4.34 Å². The van der Waals surface area contributed by atoms with Crippen molar-refractivity contribution in [3.8, 4) is 0 Å². The Balaban J connectivity index is 1.71. The van der Waals surface area contributed by atoms with E-state index in [0.29, 0.717) is 23.8 Å². The Kier molecular flexibility index (Phi) is 6.70. The van der Waals surface area contributed by atoms with Crippen LogP contribution in [-0.2, 0) is 4.74 Å². The molecule has 1 aromatic carbocycles. The maximum absolute atomic E-state index is 12.5. The Bertz CT molecular complexity index is 850. The number of urea groups is 1. The average Bonchev–Trinajstić information content (AvgIpc) is 3.07. The van der Waals surface area contributed by atoms with E-state index in [1.54, 1.807) is 4.90 Å². The summed E-state index contributed by atoms with van der Waals surface area (Å²) in [4.78, 5) is 27.8. The van der Waals surface area contributed by atoms with E-state index in [0.717, 1.165) is 10.6 Å². The van der Waals surface area contributed by atoms with Crippen LogP contribution in [0.25, 0.3) is 0 Å². The monoisotopic (exact) mass is 435 g/mol. The van der Waals surface area contributed by atoms with E-state index >= 15 is 0 Å². The van der Waals surface area contributed by atoms with Gasteiger partial charge < -0.3 is 20.3 Å². The molecule has 0 spiro atoms. The molecule has 0 bridgehead atoms. The highest BCUT2D eigenvalue weighted by Crippen LogP contribution is 2.34. The molecule has 2 N–H and O–H groups in total. The third-order valence-electron chi connectivity index (χ3n) is 4.57. The molecule has 1 fully saturated rings. The van der Waals surface area contributed by atoms with Gasteiger partial charge in [0.2, 0.25) is 0 Å². The Morgan fingerprint density at radius 3 is 2.52 bits per heavy atom. The molecule has 2 heterocycles. The largest absolute Gasteiger partial charge is 0.444 e. The number of nitrogens with zero attached hydrogens (tertiary/aromatic N) is 1. The summed E-state index contributed by atoms with van der Waals surface area (Å²) in [7, 11) is 0. The van der Waals surface area contributed by atoms with Gasteiger partial charge in [0.15, 0.2) is 0 Å². The molecule has 3 rings (SSSR count). The number of amides is 3. The zero-order valence-electron chi connectivity index (χ0n) is 16.8. The van der Waals surface area contributed by atoms with Crippen molar-refractivity contribution in [1.29, 1.82) is 0 Å². The number of likely N-dealkylation sites (tertiary alicyclic amines) is 1. The highest BCUT2D eigenvalue weighted by atomic mass is 35.5. The van der Waals surface area contributed by atoms with E-state index in [4.69, 9.17) is 16.3 Å². The number of halogens is 1. The van der Waals surface area contributed by atoms with Gasteiger partial charge in [-0.1, -0.05) is 29.8 Å². The number of carbonyl (C=O) groups is 2. The van der Waals surface area contributed by atoms with Crippen molar-refractivity contribution in [2.45, 2.75) is 44.8 Å². The van der Waals surface area contributed by atoms with Crippen molar-refractivity contribution in [2.75, 3.05) is 18.4 Å². The Labute approximate surface area is 180 Å². The second kappa shape index (κ2) is 9.05. The first-order chi connectivity index (χ1) is 13.7. The quantitative estimate of drug-likeness (QED) is 0.685. The van der Waals surface area contributed by atoms with Crippen molar-refractivity contribution in [3.63, 3.8) is 0 Å². The minimum atomic E-state index is -0.552. The summed E-state index contributed by atoms with van der Waals surface area (Å²) < 4.78 is 6.21. The van der Waals surface area contributed by atoms with E-state index in [-0.39, 0.29) is 24.1 Å². The molecule has 2 aromatic rings. The fourth-order valence-corrected chi connectivity index (χ4v) is 4.51. The van der Waals surface area contributed by atoms with Gasteiger partial charge in [0, 0.05) is 35.6 Å². The molecular weight excluding hydrogens is 410 g/mol. The SMILES string of the molecule is CC(C)(C)OC(=O)N1CCC(NC(=O)Nc2ccccc2)C(c2ccc(Cl)s2)C1.